The van der Waals surface area contributed by atoms with Gasteiger partial charge >= 0.3 is 18.1 Å². The van der Waals surface area contributed by atoms with Crippen LogP contribution in [0.1, 0.15) is 52.9 Å². The first-order chi connectivity index (χ1) is 12.6. The lowest BCUT2D eigenvalue weighted by atomic mass is 9.92. The van der Waals surface area contributed by atoms with Gasteiger partial charge < -0.3 is 25.0 Å². The maximum absolute atomic E-state index is 12.6. The van der Waals surface area contributed by atoms with E-state index in [1.165, 1.54) is 17.7 Å². The molecule has 2 heterocycles. The number of amides is 3. The van der Waals surface area contributed by atoms with Gasteiger partial charge in [-0.15, -0.1) is 0 Å². The van der Waals surface area contributed by atoms with Gasteiger partial charge in [-0.2, -0.15) is 0 Å². The van der Waals surface area contributed by atoms with Crippen LogP contribution in [0.2, 0.25) is 0 Å². The third kappa shape index (κ3) is 4.84. The Labute approximate surface area is 160 Å². The number of rotatable bonds is 2. The molecule has 3 rings (SSSR count). The van der Waals surface area contributed by atoms with Gasteiger partial charge in [-0.05, 0) is 58.3 Å². The normalized spacial score (nSPS) is 27.2. The zero-order chi connectivity index (χ0) is 19.8. The second kappa shape index (κ2) is 7.20. The smallest absolute Gasteiger partial charge is 0.410 e. The Kier molecular flexibility index (Phi) is 5.27. The van der Waals surface area contributed by atoms with Gasteiger partial charge in [-0.3, -0.25) is 4.79 Å². The van der Waals surface area contributed by atoms with E-state index in [9.17, 15) is 19.5 Å². The summed E-state index contributed by atoms with van der Waals surface area (Å²) in [5.41, 5.74) is -0.146. The first-order valence-electron chi connectivity index (χ1n) is 9.85. The molecule has 0 aromatic carbocycles. The van der Waals surface area contributed by atoms with Crippen LogP contribution in [0, 0.1) is 11.3 Å². The van der Waals surface area contributed by atoms with E-state index in [-0.39, 0.29) is 12.6 Å². The summed E-state index contributed by atoms with van der Waals surface area (Å²) in [5, 5.41) is 12.5. The fraction of sp³-hybridized carbons (Fsp3) is 0.842. The lowest BCUT2D eigenvalue weighted by molar-refractivity contribution is -0.144. The molecule has 0 bridgehead atoms. The van der Waals surface area contributed by atoms with Crippen molar-refractivity contribution >= 4 is 18.1 Å². The number of aliphatic carboxylic acids is 1. The van der Waals surface area contributed by atoms with E-state index in [0.717, 1.165) is 25.9 Å². The molecule has 1 aliphatic carbocycles. The molecule has 3 amide bonds. The average Bonchev–Trinajstić information content (AvgIpc) is 3.33. The van der Waals surface area contributed by atoms with E-state index in [4.69, 9.17) is 4.74 Å². The molecule has 2 N–H and O–H groups in total. The number of piperidine rings is 2. The summed E-state index contributed by atoms with van der Waals surface area (Å²) in [4.78, 5) is 39.8. The lowest BCUT2D eigenvalue weighted by Gasteiger charge is -2.39. The van der Waals surface area contributed by atoms with E-state index in [1.54, 1.807) is 25.7 Å². The van der Waals surface area contributed by atoms with Gasteiger partial charge in [0.2, 0.25) is 0 Å². The van der Waals surface area contributed by atoms with Crippen molar-refractivity contribution in [3.8, 4) is 0 Å². The fourth-order valence-corrected chi connectivity index (χ4v) is 3.98. The van der Waals surface area contributed by atoms with Crippen molar-refractivity contribution < 1.29 is 24.2 Å². The summed E-state index contributed by atoms with van der Waals surface area (Å²) in [6, 6.07) is -0.669. The van der Waals surface area contributed by atoms with Crippen molar-refractivity contribution in [2.24, 2.45) is 11.3 Å². The molecule has 1 saturated carbocycles. The number of ether oxygens (including phenoxy) is 1. The SMILES string of the molecule is CC(C)(C)OC(=O)N1CC[C@@H](NC(=O)N2CCC3(CC2)CC3)[C@@H](C(=O)O)C1. The highest BCUT2D eigenvalue weighted by Gasteiger charge is 2.45. The minimum absolute atomic E-state index is 0.0400. The van der Waals surface area contributed by atoms with Crippen molar-refractivity contribution in [1.82, 2.24) is 15.1 Å². The maximum Gasteiger partial charge on any atom is 0.410 e. The molecule has 1 spiro atoms. The number of nitrogens with one attached hydrogen (secondary N) is 1. The van der Waals surface area contributed by atoms with E-state index in [2.05, 4.69) is 5.32 Å². The molecule has 0 aromatic rings. The first kappa shape index (κ1) is 19.8. The molecule has 2 atom stereocenters. The molecule has 2 saturated heterocycles. The predicted molar refractivity (Wildman–Crippen MR) is 98.3 cm³/mol. The highest BCUT2D eigenvalue weighted by atomic mass is 16.6. The molecule has 8 nitrogen and oxygen atoms in total. The minimum Gasteiger partial charge on any atom is -0.481 e. The van der Waals surface area contributed by atoms with E-state index >= 15 is 0 Å². The maximum atomic E-state index is 12.6. The highest BCUT2D eigenvalue weighted by molar-refractivity contribution is 5.78. The van der Waals surface area contributed by atoms with E-state index in [0.29, 0.717) is 18.4 Å². The Morgan fingerprint density at radius 1 is 1.04 bits per heavy atom. The van der Waals surface area contributed by atoms with Gasteiger partial charge in [-0.1, -0.05) is 0 Å². The van der Waals surface area contributed by atoms with E-state index < -0.39 is 29.6 Å². The number of urea groups is 1. The van der Waals surface area contributed by atoms with Crippen molar-refractivity contribution in [3.63, 3.8) is 0 Å². The number of nitrogens with zero attached hydrogens (tertiary/aromatic N) is 2. The summed E-state index contributed by atoms with van der Waals surface area (Å²) in [5.74, 6) is -1.85. The van der Waals surface area contributed by atoms with Gasteiger partial charge in [0.1, 0.15) is 5.60 Å². The highest BCUT2D eigenvalue weighted by Crippen LogP contribution is 2.53. The van der Waals surface area contributed by atoms with Gasteiger partial charge in [0.15, 0.2) is 0 Å². The predicted octanol–water partition coefficient (Wildman–Crippen LogP) is 2.28. The Morgan fingerprint density at radius 2 is 1.67 bits per heavy atom. The largest absolute Gasteiger partial charge is 0.481 e. The molecule has 0 aromatic heterocycles. The number of carboxylic acid groups (broad SMARTS) is 1. The number of carbonyl (C=O) groups excluding carboxylic acids is 2. The Hall–Kier alpha value is -1.99. The molecule has 0 unspecified atom stereocenters. The van der Waals surface area contributed by atoms with Gasteiger partial charge in [0.05, 0.1) is 5.92 Å². The number of hydrogen-bond acceptors (Lipinski definition) is 4. The zero-order valence-corrected chi connectivity index (χ0v) is 16.5. The van der Waals surface area contributed by atoms with Crippen LogP contribution in [0.4, 0.5) is 9.59 Å². The van der Waals surface area contributed by atoms with Crippen LogP contribution in [-0.2, 0) is 9.53 Å². The molecule has 27 heavy (non-hydrogen) atoms. The first-order valence-corrected chi connectivity index (χ1v) is 9.85. The minimum atomic E-state index is -1.01. The number of carbonyl (C=O) groups is 3. The quantitative estimate of drug-likeness (QED) is 0.764. The van der Waals surface area contributed by atoms with Gasteiger partial charge in [-0.25, -0.2) is 9.59 Å². The standard InChI is InChI=1S/C19H31N3O5/c1-18(2,3)27-17(26)22-9-4-14(13(12-22)15(23)24)20-16(25)21-10-7-19(5-6-19)8-11-21/h13-14H,4-12H2,1-3H3,(H,20,25)(H,23,24)/t13-,14+/m0/s1. The van der Waals surface area contributed by atoms with Crippen LogP contribution < -0.4 is 5.32 Å². The van der Waals surface area contributed by atoms with Crippen LogP contribution in [0.15, 0.2) is 0 Å². The summed E-state index contributed by atoms with van der Waals surface area (Å²) in [6.45, 7) is 7.20. The Bertz CT molecular complexity index is 601. The summed E-state index contributed by atoms with van der Waals surface area (Å²) in [7, 11) is 0. The monoisotopic (exact) mass is 381 g/mol. The number of hydrogen-bond donors (Lipinski definition) is 2. The number of likely N-dealkylation sites (tertiary alicyclic amines) is 2. The third-order valence-electron chi connectivity index (χ3n) is 5.96. The summed E-state index contributed by atoms with van der Waals surface area (Å²) >= 11 is 0. The number of carboxylic acids is 1. The second-order valence-corrected chi connectivity index (χ2v) is 9.20. The molecule has 152 valence electrons. The van der Waals surface area contributed by atoms with Crippen LogP contribution >= 0.6 is 0 Å². The van der Waals surface area contributed by atoms with Gasteiger partial charge in [0, 0.05) is 32.2 Å². The molecule has 8 heteroatoms. The van der Waals surface area contributed by atoms with Crippen molar-refractivity contribution in [2.75, 3.05) is 26.2 Å². The molecule has 0 radical (unpaired) electrons. The van der Waals surface area contributed by atoms with Gasteiger partial charge in [0.25, 0.3) is 0 Å². The van der Waals surface area contributed by atoms with Crippen LogP contribution in [0.25, 0.3) is 0 Å². The molecular formula is C19H31N3O5. The van der Waals surface area contributed by atoms with Crippen LogP contribution in [0.3, 0.4) is 0 Å². The molecule has 2 aliphatic heterocycles. The molecule has 3 aliphatic rings. The topological polar surface area (TPSA) is 99.2 Å². The fourth-order valence-electron chi connectivity index (χ4n) is 3.98. The lowest BCUT2D eigenvalue weighted by Crippen LogP contribution is -2.57. The average molecular weight is 381 g/mol. The summed E-state index contributed by atoms with van der Waals surface area (Å²) in [6.07, 6.45) is 4.52. The van der Waals surface area contributed by atoms with Crippen molar-refractivity contribution in [2.45, 2.75) is 64.5 Å². The third-order valence-corrected chi connectivity index (χ3v) is 5.96. The summed E-state index contributed by atoms with van der Waals surface area (Å²) < 4.78 is 5.34. The van der Waals surface area contributed by atoms with Crippen molar-refractivity contribution in [1.29, 1.82) is 0 Å². The van der Waals surface area contributed by atoms with Crippen LogP contribution in [0.5, 0.6) is 0 Å². The Morgan fingerprint density at radius 3 is 2.19 bits per heavy atom. The Balaban J connectivity index is 1.55. The zero-order valence-electron chi connectivity index (χ0n) is 16.5. The molecule has 3 fully saturated rings. The second-order valence-electron chi connectivity index (χ2n) is 9.20. The van der Waals surface area contributed by atoms with Crippen molar-refractivity contribution in [3.05, 3.63) is 0 Å². The molecular weight excluding hydrogens is 350 g/mol. The van der Waals surface area contributed by atoms with E-state index in [1.807, 2.05) is 0 Å². The van der Waals surface area contributed by atoms with Crippen LogP contribution in [-0.4, -0.2) is 70.8 Å².